The minimum Gasteiger partial charge on any atom is -0.368 e. The number of nitrogen functional groups attached to an aromatic ring is 1. The van der Waals surface area contributed by atoms with Gasteiger partial charge in [-0.2, -0.15) is 5.10 Å². The molecule has 0 aromatic carbocycles. The molecule has 0 aliphatic carbocycles. The predicted molar refractivity (Wildman–Crippen MR) is 63.4 cm³/mol. The first-order valence-electron chi connectivity index (χ1n) is 4.82. The van der Waals surface area contributed by atoms with Gasteiger partial charge in [-0.1, -0.05) is 11.6 Å². The van der Waals surface area contributed by atoms with Crippen LogP contribution in [0.15, 0.2) is 30.9 Å². The molecule has 0 aliphatic rings. The molecule has 0 atom stereocenters. The Morgan fingerprint density at radius 1 is 1.24 bits per heavy atom. The lowest BCUT2D eigenvalue weighted by Gasteiger charge is -2.01. The van der Waals surface area contributed by atoms with Crippen LogP contribution in [0.25, 0.3) is 16.9 Å². The zero-order chi connectivity index (χ0) is 11.8. The van der Waals surface area contributed by atoms with Crippen LogP contribution in [-0.2, 0) is 0 Å². The quantitative estimate of drug-likeness (QED) is 0.702. The molecule has 0 spiro atoms. The number of hydrogen-bond donors (Lipinski definition) is 1. The van der Waals surface area contributed by atoms with Crippen LogP contribution in [0.4, 0.5) is 5.95 Å². The fraction of sp³-hybridized carbons (Fsp3) is 0. The molecule has 0 bridgehead atoms. The van der Waals surface area contributed by atoms with Gasteiger partial charge in [-0.15, -0.1) is 0 Å². The Bertz CT molecular complexity index is 692. The van der Waals surface area contributed by atoms with Crippen molar-refractivity contribution in [1.29, 1.82) is 0 Å². The number of hydrogen-bond acceptors (Lipinski definition) is 5. The van der Waals surface area contributed by atoms with Crippen molar-refractivity contribution in [3.05, 3.63) is 35.9 Å². The van der Waals surface area contributed by atoms with Gasteiger partial charge in [0.25, 0.3) is 0 Å². The minimum atomic E-state index is 0.166. The van der Waals surface area contributed by atoms with Crippen molar-refractivity contribution in [2.75, 3.05) is 5.73 Å². The SMILES string of the molecule is Nc1ncc(Cl)c(-c2cnn3cccnc23)n1. The lowest BCUT2D eigenvalue weighted by Crippen LogP contribution is -1.96. The summed E-state index contributed by atoms with van der Waals surface area (Å²) in [5, 5.41) is 4.58. The average molecular weight is 247 g/mol. The third-order valence-corrected chi connectivity index (χ3v) is 2.57. The van der Waals surface area contributed by atoms with E-state index >= 15 is 0 Å². The van der Waals surface area contributed by atoms with Crippen LogP contribution in [0.5, 0.6) is 0 Å². The molecule has 84 valence electrons. The maximum atomic E-state index is 6.04. The van der Waals surface area contributed by atoms with E-state index in [-0.39, 0.29) is 5.95 Å². The second-order valence-electron chi connectivity index (χ2n) is 3.37. The van der Waals surface area contributed by atoms with Crippen LogP contribution in [0.3, 0.4) is 0 Å². The molecule has 3 heterocycles. The molecule has 0 amide bonds. The van der Waals surface area contributed by atoms with Gasteiger partial charge in [-0.05, 0) is 6.07 Å². The summed E-state index contributed by atoms with van der Waals surface area (Å²) >= 11 is 6.04. The highest BCUT2D eigenvalue weighted by Crippen LogP contribution is 2.27. The molecule has 3 aromatic heterocycles. The van der Waals surface area contributed by atoms with E-state index in [0.29, 0.717) is 16.4 Å². The third-order valence-electron chi connectivity index (χ3n) is 2.30. The van der Waals surface area contributed by atoms with Gasteiger partial charge in [0.05, 0.1) is 28.7 Å². The molecule has 0 unspecified atom stereocenters. The molecule has 7 heteroatoms. The van der Waals surface area contributed by atoms with E-state index in [1.54, 1.807) is 29.2 Å². The Balaban J connectivity index is 2.31. The Kier molecular flexibility index (Phi) is 2.15. The summed E-state index contributed by atoms with van der Waals surface area (Å²) < 4.78 is 1.64. The van der Waals surface area contributed by atoms with Gasteiger partial charge in [0.1, 0.15) is 0 Å². The van der Waals surface area contributed by atoms with Crippen LogP contribution in [0, 0.1) is 0 Å². The monoisotopic (exact) mass is 246 g/mol. The maximum Gasteiger partial charge on any atom is 0.220 e. The van der Waals surface area contributed by atoms with Gasteiger partial charge in [-0.3, -0.25) is 0 Å². The second-order valence-corrected chi connectivity index (χ2v) is 3.78. The van der Waals surface area contributed by atoms with E-state index in [0.717, 1.165) is 5.56 Å². The van der Waals surface area contributed by atoms with E-state index in [4.69, 9.17) is 17.3 Å². The lowest BCUT2D eigenvalue weighted by atomic mass is 10.2. The molecule has 17 heavy (non-hydrogen) atoms. The zero-order valence-corrected chi connectivity index (χ0v) is 9.33. The molecular formula is C10H7ClN6. The summed E-state index contributed by atoms with van der Waals surface area (Å²) in [6.07, 6.45) is 6.59. The number of halogens is 1. The zero-order valence-electron chi connectivity index (χ0n) is 8.58. The van der Waals surface area contributed by atoms with Crippen molar-refractivity contribution < 1.29 is 0 Å². The fourth-order valence-corrected chi connectivity index (χ4v) is 1.76. The molecule has 3 aromatic rings. The van der Waals surface area contributed by atoms with Crippen molar-refractivity contribution in [2.24, 2.45) is 0 Å². The lowest BCUT2D eigenvalue weighted by molar-refractivity contribution is 0.939. The number of rotatable bonds is 1. The molecule has 0 saturated heterocycles. The predicted octanol–water partition coefficient (Wildman–Crippen LogP) is 1.42. The van der Waals surface area contributed by atoms with Crippen LogP contribution < -0.4 is 5.73 Å². The van der Waals surface area contributed by atoms with E-state index in [1.807, 2.05) is 0 Å². The third kappa shape index (κ3) is 1.58. The summed E-state index contributed by atoms with van der Waals surface area (Å²) in [5.41, 5.74) is 7.48. The van der Waals surface area contributed by atoms with Crippen LogP contribution in [0.2, 0.25) is 5.02 Å². The second kappa shape index (κ2) is 3.67. The molecule has 0 radical (unpaired) electrons. The Morgan fingerprint density at radius 2 is 2.12 bits per heavy atom. The number of nitrogens with zero attached hydrogens (tertiary/aromatic N) is 5. The van der Waals surface area contributed by atoms with Gasteiger partial charge >= 0.3 is 0 Å². The first kappa shape index (κ1) is 9.98. The highest BCUT2D eigenvalue weighted by molar-refractivity contribution is 6.33. The molecule has 0 fully saturated rings. The standard InChI is InChI=1S/C10H7ClN6/c11-7-5-14-10(12)16-8(7)6-4-15-17-3-1-2-13-9(6)17/h1-5H,(H2,12,14,16). The van der Waals surface area contributed by atoms with Crippen LogP contribution >= 0.6 is 11.6 Å². The highest BCUT2D eigenvalue weighted by atomic mass is 35.5. The normalized spacial score (nSPS) is 10.9. The van der Waals surface area contributed by atoms with E-state index in [1.165, 1.54) is 6.20 Å². The van der Waals surface area contributed by atoms with Crippen LogP contribution in [-0.4, -0.2) is 24.6 Å². The smallest absolute Gasteiger partial charge is 0.220 e. The van der Waals surface area contributed by atoms with Gasteiger partial charge < -0.3 is 5.73 Å². The van der Waals surface area contributed by atoms with Crippen molar-refractivity contribution in [3.8, 4) is 11.3 Å². The molecular weight excluding hydrogens is 240 g/mol. The van der Waals surface area contributed by atoms with E-state index < -0.39 is 0 Å². The maximum absolute atomic E-state index is 6.04. The summed E-state index contributed by atoms with van der Waals surface area (Å²) in [6.45, 7) is 0. The van der Waals surface area contributed by atoms with Gasteiger partial charge in [0.15, 0.2) is 5.65 Å². The van der Waals surface area contributed by atoms with Gasteiger partial charge in [0.2, 0.25) is 5.95 Å². The molecule has 2 N–H and O–H groups in total. The van der Waals surface area contributed by atoms with Gasteiger partial charge in [0, 0.05) is 12.4 Å². The fourth-order valence-electron chi connectivity index (χ4n) is 1.56. The number of aromatic nitrogens is 5. The Morgan fingerprint density at radius 3 is 3.00 bits per heavy atom. The topological polar surface area (TPSA) is 82.0 Å². The first-order valence-corrected chi connectivity index (χ1v) is 5.20. The number of anilines is 1. The minimum absolute atomic E-state index is 0.166. The summed E-state index contributed by atoms with van der Waals surface area (Å²) in [7, 11) is 0. The summed E-state index contributed by atoms with van der Waals surface area (Å²) in [4.78, 5) is 12.2. The van der Waals surface area contributed by atoms with Crippen molar-refractivity contribution in [2.45, 2.75) is 0 Å². The van der Waals surface area contributed by atoms with Crippen molar-refractivity contribution in [3.63, 3.8) is 0 Å². The largest absolute Gasteiger partial charge is 0.368 e. The number of fused-ring (bicyclic) bond motifs is 1. The molecule has 0 aliphatic heterocycles. The van der Waals surface area contributed by atoms with Crippen LogP contribution in [0.1, 0.15) is 0 Å². The number of nitrogens with two attached hydrogens (primary N) is 1. The average Bonchev–Trinajstić information content (AvgIpc) is 2.76. The molecule has 6 nitrogen and oxygen atoms in total. The Hall–Kier alpha value is -2.21. The summed E-state index contributed by atoms with van der Waals surface area (Å²) in [5.74, 6) is 0.166. The van der Waals surface area contributed by atoms with Gasteiger partial charge in [-0.25, -0.2) is 19.5 Å². The highest BCUT2D eigenvalue weighted by Gasteiger charge is 2.13. The molecule has 0 saturated carbocycles. The Labute approximate surface area is 101 Å². The first-order chi connectivity index (χ1) is 8.25. The van der Waals surface area contributed by atoms with E-state index in [2.05, 4.69) is 20.1 Å². The molecule has 3 rings (SSSR count). The van der Waals surface area contributed by atoms with Crippen molar-refractivity contribution >= 4 is 23.2 Å². The van der Waals surface area contributed by atoms with Crippen molar-refractivity contribution in [1.82, 2.24) is 24.6 Å². The summed E-state index contributed by atoms with van der Waals surface area (Å²) in [6, 6.07) is 1.79. The van der Waals surface area contributed by atoms with E-state index in [9.17, 15) is 0 Å².